The molecule has 6 nitrogen and oxygen atoms in total. The molecule has 0 aliphatic carbocycles. The van der Waals surface area contributed by atoms with Gasteiger partial charge in [0.25, 0.3) is 0 Å². The third-order valence-electron chi connectivity index (χ3n) is 3.84. The highest BCUT2D eigenvalue weighted by molar-refractivity contribution is 9.10. The molecule has 1 amide bonds. The van der Waals surface area contributed by atoms with E-state index in [0.29, 0.717) is 18.2 Å². The van der Waals surface area contributed by atoms with Crippen LogP contribution in [0.5, 0.6) is 5.75 Å². The normalized spacial score (nSPS) is 10.7. The number of nitrogens with zero attached hydrogens (tertiary/aromatic N) is 3. The highest BCUT2D eigenvalue weighted by Crippen LogP contribution is 2.32. The van der Waals surface area contributed by atoms with E-state index in [0.717, 1.165) is 25.6 Å². The minimum absolute atomic E-state index is 0.170. The van der Waals surface area contributed by atoms with Gasteiger partial charge in [0.1, 0.15) is 11.6 Å². The molecule has 0 bridgehead atoms. The van der Waals surface area contributed by atoms with Gasteiger partial charge in [0.15, 0.2) is 11.6 Å². The summed E-state index contributed by atoms with van der Waals surface area (Å²) in [5, 5.41) is 7.64. The fourth-order valence-corrected chi connectivity index (χ4v) is 4.84. The van der Waals surface area contributed by atoms with Gasteiger partial charge in [-0.25, -0.2) is 9.97 Å². The number of carbonyl (C=O) groups is 1. The van der Waals surface area contributed by atoms with Crippen molar-refractivity contribution >= 4 is 50.3 Å². The molecule has 9 heteroatoms. The molecule has 0 aliphatic heterocycles. The lowest BCUT2D eigenvalue weighted by molar-refractivity contribution is -0.115. The van der Waals surface area contributed by atoms with Crippen LogP contribution in [0.3, 0.4) is 0 Å². The number of aromatic nitrogens is 3. The van der Waals surface area contributed by atoms with Crippen LogP contribution in [0.15, 0.2) is 64.2 Å². The van der Waals surface area contributed by atoms with E-state index in [1.165, 1.54) is 11.3 Å². The predicted octanol–water partition coefficient (Wildman–Crippen LogP) is 5.18. The largest absolute Gasteiger partial charge is 0.485 e. The minimum atomic E-state index is -0.193. The average Bonchev–Trinajstić information content (AvgIpc) is 3.37. The van der Waals surface area contributed by atoms with Gasteiger partial charge < -0.3 is 10.1 Å². The third-order valence-corrected chi connectivity index (χ3v) is 6.60. The van der Waals surface area contributed by atoms with E-state index < -0.39 is 0 Å². The lowest BCUT2D eigenvalue weighted by Crippen LogP contribution is -2.16. The van der Waals surface area contributed by atoms with E-state index >= 15 is 0 Å². The number of carbonyl (C=O) groups excluding carboxylic acids is 1. The summed E-state index contributed by atoms with van der Waals surface area (Å²) in [7, 11) is 0. The monoisotopic (exact) mass is 486 g/mol. The standard InChI is InChI=1S/C20H15BrN4O2S2/c21-14-8-17(28-11-14)20-24-15(12-29-20)9-18(26)25-19-16(2-1-5-23-19)27-10-13-3-6-22-7-4-13/h1-8,11-12H,9-10H2,(H,23,25,26). The first-order valence-electron chi connectivity index (χ1n) is 8.63. The van der Waals surface area contributed by atoms with E-state index in [1.807, 2.05) is 29.0 Å². The lowest BCUT2D eigenvalue weighted by atomic mass is 10.3. The van der Waals surface area contributed by atoms with Gasteiger partial charge in [0.05, 0.1) is 17.0 Å². The van der Waals surface area contributed by atoms with Crippen LogP contribution in [-0.2, 0) is 17.8 Å². The van der Waals surface area contributed by atoms with E-state index in [1.54, 1.807) is 42.1 Å². The Morgan fingerprint density at radius 1 is 1.14 bits per heavy atom. The topological polar surface area (TPSA) is 77.0 Å². The van der Waals surface area contributed by atoms with Crippen LogP contribution in [0.25, 0.3) is 9.88 Å². The summed E-state index contributed by atoms with van der Waals surface area (Å²) in [6, 6.07) is 9.32. The number of rotatable bonds is 7. The number of anilines is 1. The van der Waals surface area contributed by atoms with Gasteiger partial charge in [0.2, 0.25) is 5.91 Å². The van der Waals surface area contributed by atoms with Crippen molar-refractivity contribution in [2.24, 2.45) is 0 Å². The Morgan fingerprint density at radius 2 is 2.00 bits per heavy atom. The predicted molar refractivity (Wildman–Crippen MR) is 118 cm³/mol. The SMILES string of the molecule is O=C(Cc1csc(-c2cc(Br)cs2)n1)Nc1ncccc1OCc1ccncc1. The van der Waals surface area contributed by atoms with Crippen molar-refractivity contribution in [1.29, 1.82) is 0 Å². The fourth-order valence-electron chi connectivity index (χ4n) is 2.51. The Bertz CT molecular complexity index is 1110. The minimum Gasteiger partial charge on any atom is -0.485 e. The molecule has 0 spiro atoms. The van der Waals surface area contributed by atoms with Crippen LogP contribution in [0.2, 0.25) is 0 Å². The molecule has 29 heavy (non-hydrogen) atoms. The number of thiophene rings is 1. The lowest BCUT2D eigenvalue weighted by Gasteiger charge is -2.11. The molecule has 4 aromatic heterocycles. The molecule has 146 valence electrons. The molecule has 0 fully saturated rings. The number of ether oxygens (including phenoxy) is 1. The Kier molecular flexibility index (Phi) is 6.28. The Morgan fingerprint density at radius 3 is 2.79 bits per heavy atom. The molecular formula is C20H15BrN4O2S2. The molecule has 4 aromatic rings. The van der Waals surface area contributed by atoms with Gasteiger partial charge in [-0.1, -0.05) is 0 Å². The molecule has 1 N–H and O–H groups in total. The Hall–Kier alpha value is -2.62. The molecule has 0 saturated carbocycles. The Labute approximate surface area is 183 Å². The second-order valence-electron chi connectivity index (χ2n) is 5.99. The number of thiazole rings is 1. The first kappa shape index (κ1) is 19.7. The number of amides is 1. The van der Waals surface area contributed by atoms with Crippen molar-refractivity contribution in [2.45, 2.75) is 13.0 Å². The summed E-state index contributed by atoms with van der Waals surface area (Å²) in [5.41, 5.74) is 1.71. The zero-order chi connectivity index (χ0) is 20.1. The van der Waals surface area contributed by atoms with Gasteiger partial charge in [-0.05, 0) is 51.8 Å². The van der Waals surface area contributed by atoms with Crippen molar-refractivity contribution in [3.8, 4) is 15.6 Å². The third kappa shape index (κ3) is 5.26. The van der Waals surface area contributed by atoms with Crippen molar-refractivity contribution in [1.82, 2.24) is 15.0 Å². The van der Waals surface area contributed by atoms with Crippen molar-refractivity contribution in [3.63, 3.8) is 0 Å². The number of hydrogen-bond donors (Lipinski definition) is 1. The van der Waals surface area contributed by atoms with Crippen molar-refractivity contribution < 1.29 is 9.53 Å². The van der Waals surface area contributed by atoms with Crippen LogP contribution in [-0.4, -0.2) is 20.9 Å². The van der Waals surface area contributed by atoms with Crippen LogP contribution >= 0.6 is 38.6 Å². The number of hydrogen-bond acceptors (Lipinski definition) is 7. The van der Waals surface area contributed by atoms with Crippen molar-refractivity contribution in [2.75, 3.05) is 5.32 Å². The van der Waals surface area contributed by atoms with Gasteiger partial charge in [-0.15, -0.1) is 22.7 Å². The first-order chi connectivity index (χ1) is 14.2. The van der Waals surface area contributed by atoms with E-state index in [9.17, 15) is 4.79 Å². The molecule has 0 unspecified atom stereocenters. The summed E-state index contributed by atoms with van der Waals surface area (Å²) >= 11 is 6.59. The molecule has 0 aromatic carbocycles. The molecule has 4 rings (SSSR count). The molecule has 0 atom stereocenters. The zero-order valence-corrected chi connectivity index (χ0v) is 18.3. The van der Waals surface area contributed by atoms with Crippen LogP contribution in [0.1, 0.15) is 11.3 Å². The number of nitrogens with one attached hydrogen (secondary N) is 1. The molecule has 0 saturated heterocycles. The highest BCUT2D eigenvalue weighted by Gasteiger charge is 2.13. The fraction of sp³-hybridized carbons (Fsp3) is 0.100. The first-order valence-corrected chi connectivity index (χ1v) is 11.2. The van der Waals surface area contributed by atoms with Gasteiger partial charge in [-0.3, -0.25) is 9.78 Å². The smallest absolute Gasteiger partial charge is 0.231 e. The maximum absolute atomic E-state index is 12.5. The van der Waals surface area contributed by atoms with E-state index in [-0.39, 0.29) is 12.3 Å². The molecule has 0 aliphatic rings. The number of halogens is 1. The van der Waals surface area contributed by atoms with Crippen LogP contribution in [0, 0.1) is 0 Å². The quantitative estimate of drug-likeness (QED) is 0.389. The summed E-state index contributed by atoms with van der Waals surface area (Å²) < 4.78 is 6.85. The van der Waals surface area contributed by atoms with Crippen LogP contribution in [0.4, 0.5) is 5.82 Å². The summed E-state index contributed by atoms with van der Waals surface area (Å²) in [4.78, 5) is 26.4. The molecule has 4 heterocycles. The van der Waals surface area contributed by atoms with E-state index in [4.69, 9.17) is 4.74 Å². The molecular weight excluding hydrogens is 472 g/mol. The summed E-state index contributed by atoms with van der Waals surface area (Å²) in [6.07, 6.45) is 5.21. The molecule has 0 radical (unpaired) electrons. The second kappa shape index (κ2) is 9.25. The summed E-state index contributed by atoms with van der Waals surface area (Å²) in [6.45, 7) is 0.364. The highest BCUT2D eigenvalue weighted by atomic mass is 79.9. The van der Waals surface area contributed by atoms with Gasteiger partial charge in [-0.2, -0.15) is 0 Å². The second-order valence-corrected chi connectivity index (χ2v) is 8.68. The maximum Gasteiger partial charge on any atom is 0.231 e. The maximum atomic E-state index is 12.5. The van der Waals surface area contributed by atoms with Crippen molar-refractivity contribution in [3.05, 3.63) is 75.4 Å². The van der Waals surface area contributed by atoms with Crippen LogP contribution < -0.4 is 10.1 Å². The number of pyridine rings is 2. The van der Waals surface area contributed by atoms with Gasteiger partial charge >= 0.3 is 0 Å². The van der Waals surface area contributed by atoms with E-state index in [2.05, 4.69) is 36.2 Å². The Balaban J connectivity index is 1.39. The average molecular weight is 487 g/mol. The zero-order valence-electron chi connectivity index (χ0n) is 15.0. The van der Waals surface area contributed by atoms with Gasteiger partial charge in [0, 0.05) is 33.8 Å². The summed E-state index contributed by atoms with van der Waals surface area (Å²) in [5.74, 6) is 0.714.